The molecule has 5 nitrogen and oxygen atoms in total. The van der Waals surface area contributed by atoms with Gasteiger partial charge in [0, 0.05) is 6.07 Å². The van der Waals surface area contributed by atoms with Gasteiger partial charge in [0.1, 0.15) is 11.4 Å². The van der Waals surface area contributed by atoms with Crippen LogP contribution in [-0.2, 0) is 0 Å². The van der Waals surface area contributed by atoms with Gasteiger partial charge in [0.2, 0.25) is 0 Å². The van der Waals surface area contributed by atoms with E-state index in [1.165, 1.54) is 6.07 Å². The molecule has 0 saturated heterocycles. The number of aliphatic hydroxyl groups excluding tert-OH is 3. The molecule has 1 aromatic rings. The molecule has 0 atom stereocenters. The fourth-order valence-corrected chi connectivity index (χ4v) is 1.57. The maximum atomic E-state index is 13.1. The van der Waals surface area contributed by atoms with Gasteiger partial charge in [-0.05, 0) is 22.0 Å². The molecule has 96 valence electrons. The predicted octanol–water partition coefficient (Wildman–Crippen LogP) is 0.298. The summed E-state index contributed by atoms with van der Waals surface area (Å²) in [6, 6.07) is 2.48. The van der Waals surface area contributed by atoms with Crippen LogP contribution in [0.1, 0.15) is 0 Å². The molecule has 0 unspecified atom stereocenters. The number of hydrogen-bond donors (Lipinski definition) is 5. The molecule has 0 aliphatic rings. The topological polar surface area (TPSA) is 98.7 Å². The first kappa shape index (κ1) is 14.2. The Labute approximate surface area is 106 Å². The van der Waals surface area contributed by atoms with E-state index in [0.29, 0.717) is 5.69 Å². The summed E-state index contributed by atoms with van der Waals surface area (Å²) in [5.41, 5.74) is 4.72. The van der Waals surface area contributed by atoms with E-state index in [-0.39, 0.29) is 10.2 Å². The molecule has 7 heteroatoms. The van der Waals surface area contributed by atoms with Crippen LogP contribution in [-0.4, -0.2) is 40.7 Å². The summed E-state index contributed by atoms with van der Waals surface area (Å²) in [7, 11) is 0. The van der Waals surface area contributed by atoms with Gasteiger partial charge in [0.05, 0.1) is 35.7 Å². The standard InChI is InChI=1S/C10H14BrFN2O3/c11-6-1-9(8(13)2-7(6)12)14-10(3-15,4-16)5-17/h1-2,14-17H,3-5,13H2. The molecule has 0 heterocycles. The molecule has 0 aliphatic carbocycles. The molecular weight excluding hydrogens is 295 g/mol. The van der Waals surface area contributed by atoms with Crippen molar-refractivity contribution >= 4 is 27.3 Å². The van der Waals surface area contributed by atoms with Crippen molar-refractivity contribution in [2.75, 3.05) is 30.9 Å². The van der Waals surface area contributed by atoms with Gasteiger partial charge < -0.3 is 26.4 Å². The summed E-state index contributed by atoms with van der Waals surface area (Å²) < 4.78 is 13.3. The van der Waals surface area contributed by atoms with Crippen molar-refractivity contribution in [3.05, 3.63) is 22.4 Å². The molecule has 1 rings (SSSR count). The van der Waals surface area contributed by atoms with Crippen LogP contribution in [0, 0.1) is 5.82 Å². The minimum atomic E-state index is -1.30. The molecule has 17 heavy (non-hydrogen) atoms. The molecule has 6 N–H and O–H groups in total. The fourth-order valence-electron chi connectivity index (χ4n) is 1.22. The molecular formula is C10H14BrFN2O3. The Balaban J connectivity index is 3.05. The summed E-state index contributed by atoms with van der Waals surface area (Å²) in [6.07, 6.45) is 0. The SMILES string of the molecule is Nc1cc(F)c(Br)cc1NC(CO)(CO)CO. The maximum Gasteiger partial charge on any atom is 0.139 e. The average molecular weight is 309 g/mol. The van der Waals surface area contributed by atoms with Crippen molar-refractivity contribution in [3.63, 3.8) is 0 Å². The van der Waals surface area contributed by atoms with Gasteiger partial charge in [0.25, 0.3) is 0 Å². The van der Waals surface area contributed by atoms with E-state index in [2.05, 4.69) is 21.2 Å². The zero-order chi connectivity index (χ0) is 13.1. The zero-order valence-corrected chi connectivity index (χ0v) is 10.5. The number of rotatable bonds is 5. The predicted molar refractivity (Wildman–Crippen MR) is 66.1 cm³/mol. The van der Waals surface area contributed by atoms with Crippen LogP contribution in [0.2, 0.25) is 0 Å². The smallest absolute Gasteiger partial charge is 0.139 e. The van der Waals surface area contributed by atoms with E-state index in [4.69, 9.17) is 21.1 Å². The number of nitrogens with one attached hydrogen (secondary N) is 1. The third-order valence-corrected chi connectivity index (χ3v) is 3.01. The number of nitrogens with two attached hydrogens (primary N) is 1. The van der Waals surface area contributed by atoms with Gasteiger partial charge in [-0.2, -0.15) is 0 Å². The Morgan fingerprint density at radius 1 is 1.24 bits per heavy atom. The van der Waals surface area contributed by atoms with Gasteiger partial charge in [-0.3, -0.25) is 0 Å². The largest absolute Gasteiger partial charge is 0.397 e. The highest BCUT2D eigenvalue weighted by atomic mass is 79.9. The molecule has 0 aliphatic heterocycles. The highest BCUT2D eigenvalue weighted by Gasteiger charge is 2.28. The van der Waals surface area contributed by atoms with Crippen LogP contribution in [0.25, 0.3) is 0 Å². The van der Waals surface area contributed by atoms with E-state index in [1.807, 2.05) is 0 Å². The van der Waals surface area contributed by atoms with Gasteiger partial charge in [0.15, 0.2) is 0 Å². The zero-order valence-electron chi connectivity index (χ0n) is 8.95. The molecule has 0 aromatic heterocycles. The molecule has 0 radical (unpaired) electrons. The van der Waals surface area contributed by atoms with Gasteiger partial charge in [-0.25, -0.2) is 4.39 Å². The molecule has 0 bridgehead atoms. The third kappa shape index (κ3) is 3.06. The van der Waals surface area contributed by atoms with Crippen LogP contribution in [0.15, 0.2) is 16.6 Å². The first-order valence-electron chi connectivity index (χ1n) is 4.83. The first-order chi connectivity index (χ1) is 7.98. The third-order valence-electron chi connectivity index (χ3n) is 2.40. The lowest BCUT2D eigenvalue weighted by atomic mass is 10.0. The minimum absolute atomic E-state index is 0.116. The van der Waals surface area contributed by atoms with Gasteiger partial charge in [-0.1, -0.05) is 0 Å². The van der Waals surface area contributed by atoms with Gasteiger partial charge in [-0.15, -0.1) is 0 Å². The van der Waals surface area contributed by atoms with E-state index in [1.54, 1.807) is 0 Å². The number of hydrogen-bond acceptors (Lipinski definition) is 5. The second-order valence-electron chi connectivity index (χ2n) is 3.73. The monoisotopic (exact) mass is 308 g/mol. The van der Waals surface area contributed by atoms with Crippen LogP contribution in [0.5, 0.6) is 0 Å². The number of halogens is 2. The fraction of sp³-hybridized carbons (Fsp3) is 0.400. The van der Waals surface area contributed by atoms with E-state index in [0.717, 1.165) is 6.07 Å². The number of nitrogen functional groups attached to an aromatic ring is 1. The summed E-state index contributed by atoms with van der Waals surface area (Å²) in [4.78, 5) is 0. The van der Waals surface area contributed by atoms with E-state index in [9.17, 15) is 4.39 Å². The number of benzene rings is 1. The van der Waals surface area contributed by atoms with Crippen molar-refractivity contribution in [1.82, 2.24) is 0 Å². The second kappa shape index (κ2) is 5.63. The molecule has 0 saturated carbocycles. The Morgan fingerprint density at radius 3 is 2.24 bits per heavy atom. The highest BCUT2D eigenvalue weighted by Crippen LogP contribution is 2.28. The van der Waals surface area contributed by atoms with Crippen molar-refractivity contribution in [3.8, 4) is 0 Å². The summed E-state index contributed by atoms with van der Waals surface area (Å²) in [5, 5.41) is 30.1. The Kier molecular flexibility index (Phi) is 4.70. The van der Waals surface area contributed by atoms with Gasteiger partial charge >= 0.3 is 0 Å². The van der Waals surface area contributed by atoms with Crippen LogP contribution >= 0.6 is 15.9 Å². The van der Waals surface area contributed by atoms with Crippen molar-refractivity contribution in [2.24, 2.45) is 0 Å². The first-order valence-corrected chi connectivity index (χ1v) is 5.62. The van der Waals surface area contributed by atoms with Crippen LogP contribution in [0.3, 0.4) is 0 Å². The van der Waals surface area contributed by atoms with Crippen LogP contribution in [0.4, 0.5) is 15.8 Å². The van der Waals surface area contributed by atoms with Crippen LogP contribution < -0.4 is 11.1 Å². The van der Waals surface area contributed by atoms with Crippen molar-refractivity contribution in [1.29, 1.82) is 0 Å². The van der Waals surface area contributed by atoms with Crippen molar-refractivity contribution in [2.45, 2.75) is 5.54 Å². The minimum Gasteiger partial charge on any atom is -0.397 e. The Morgan fingerprint density at radius 2 is 1.76 bits per heavy atom. The Bertz CT molecular complexity index is 391. The lowest BCUT2D eigenvalue weighted by molar-refractivity contribution is 0.0834. The number of aliphatic hydroxyl groups is 3. The summed E-state index contributed by atoms with van der Waals surface area (Å²) in [5.74, 6) is -0.518. The maximum absolute atomic E-state index is 13.1. The average Bonchev–Trinajstić information content (AvgIpc) is 2.33. The lowest BCUT2D eigenvalue weighted by Gasteiger charge is -2.30. The number of anilines is 2. The Hall–Kier alpha value is -0.890. The summed E-state index contributed by atoms with van der Waals surface area (Å²) in [6.45, 7) is -1.47. The van der Waals surface area contributed by atoms with E-state index >= 15 is 0 Å². The lowest BCUT2D eigenvalue weighted by Crippen LogP contribution is -2.49. The van der Waals surface area contributed by atoms with E-state index < -0.39 is 31.2 Å². The second-order valence-corrected chi connectivity index (χ2v) is 4.59. The molecule has 0 amide bonds. The summed E-state index contributed by atoms with van der Waals surface area (Å²) >= 11 is 3.00. The normalized spacial score (nSPS) is 11.6. The molecule has 1 aromatic carbocycles. The quantitative estimate of drug-likeness (QED) is 0.504. The highest BCUT2D eigenvalue weighted by molar-refractivity contribution is 9.10. The van der Waals surface area contributed by atoms with Crippen molar-refractivity contribution < 1.29 is 19.7 Å². The molecule has 0 fully saturated rings. The molecule has 0 spiro atoms.